The number of H-pyrrole nitrogens is 1. The zero-order valence-corrected chi connectivity index (χ0v) is 13.0. The Labute approximate surface area is 134 Å². The van der Waals surface area contributed by atoms with Crippen molar-refractivity contribution in [1.82, 2.24) is 15.5 Å². The Morgan fingerprint density at radius 1 is 1.22 bits per heavy atom. The molecule has 1 heterocycles. The maximum absolute atomic E-state index is 12.9. The Balaban J connectivity index is 1.58. The number of hydrogen-bond donors (Lipinski definition) is 3. The number of nitrogens with one attached hydrogen (secondary N) is 2. The van der Waals surface area contributed by atoms with E-state index in [1.807, 2.05) is 19.1 Å². The summed E-state index contributed by atoms with van der Waals surface area (Å²) < 4.78 is 12.9. The number of aliphatic hydroxyl groups excluding tert-OH is 1. The van der Waals surface area contributed by atoms with Gasteiger partial charge in [0.2, 0.25) is 0 Å². The minimum absolute atomic E-state index is 0.119. The summed E-state index contributed by atoms with van der Waals surface area (Å²) in [7, 11) is 0. The number of aromatic nitrogens is 2. The smallest absolute Gasteiger partial charge is 0.123 e. The first-order valence-electron chi connectivity index (χ1n) is 7.71. The maximum Gasteiger partial charge on any atom is 0.123 e. The molecular weight excluding hydrogens is 293 g/mol. The highest BCUT2D eigenvalue weighted by Crippen LogP contribution is 2.20. The minimum Gasteiger partial charge on any atom is -0.388 e. The zero-order chi connectivity index (χ0) is 16.2. The topological polar surface area (TPSA) is 60.9 Å². The van der Waals surface area contributed by atoms with Gasteiger partial charge in [-0.2, -0.15) is 5.10 Å². The van der Waals surface area contributed by atoms with Crippen LogP contribution in [0.15, 0.2) is 48.7 Å². The number of para-hydroxylation sites is 1. The van der Waals surface area contributed by atoms with Crippen LogP contribution in [0.25, 0.3) is 10.9 Å². The first-order valence-corrected chi connectivity index (χ1v) is 7.71. The van der Waals surface area contributed by atoms with Crippen molar-refractivity contribution in [2.75, 3.05) is 0 Å². The molecule has 0 unspecified atom stereocenters. The molecular formula is C18H20FN3O. The van der Waals surface area contributed by atoms with Gasteiger partial charge in [0.1, 0.15) is 5.82 Å². The molecule has 1 aromatic heterocycles. The highest BCUT2D eigenvalue weighted by Gasteiger charge is 2.13. The van der Waals surface area contributed by atoms with Gasteiger partial charge in [0.05, 0.1) is 17.8 Å². The van der Waals surface area contributed by atoms with E-state index in [4.69, 9.17) is 0 Å². The summed E-state index contributed by atoms with van der Waals surface area (Å²) in [6.45, 7) is 2.72. The molecule has 23 heavy (non-hydrogen) atoms. The molecule has 0 aliphatic rings. The second-order valence-electron chi connectivity index (χ2n) is 5.84. The second-order valence-corrected chi connectivity index (χ2v) is 5.84. The number of aromatic amines is 1. The van der Waals surface area contributed by atoms with Gasteiger partial charge in [-0.15, -0.1) is 0 Å². The van der Waals surface area contributed by atoms with Crippen LogP contribution in [-0.2, 0) is 6.54 Å². The Morgan fingerprint density at radius 2 is 2.00 bits per heavy atom. The van der Waals surface area contributed by atoms with E-state index in [-0.39, 0.29) is 11.9 Å². The summed E-state index contributed by atoms with van der Waals surface area (Å²) in [5.74, 6) is -0.292. The molecule has 0 aliphatic carbocycles. The lowest BCUT2D eigenvalue weighted by atomic mass is 10.0. The fourth-order valence-electron chi connectivity index (χ4n) is 2.70. The zero-order valence-electron chi connectivity index (χ0n) is 13.0. The average Bonchev–Trinajstić information content (AvgIpc) is 3.02. The fourth-order valence-corrected chi connectivity index (χ4v) is 2.70. The second kappa shape index (κ2) is 6.89. The maximum atomic E-state index is 12.9. The van der Waals surface area contributed by atoms with Gasteiger partial charge < -0.3 is 10.4 Å². The lowest BCUT2D eigenvalue weighted by Crippen LogP contribution is -2.27. The van der Waals surface area contributed by atoms with E-state index in [0.717, 1.165) is 22.0 Å². The van der Waals surface area contributed by atoms with Crippen LogP contribution in [0.5, 0.6) is 0 Å². The molecule has 0 radical (unpaired) electrons. The molecule has 120 valence electrons. The largest absolute Gasteiger partial charge is 0.388 e. The number of aliphatic hydroxyl groups is 1. The van der Waals surface area contributed by atoms with Crippen LogP contribution in [0, 0.1) is 5.82 Å². The van der Waals surface area contributed by atoms with Gasteiger partial charge in [-0.3, -0.25) is 5.10 Å². The van der Waals surface area contributed by atoms with E-state index >= 15 is 0 Å². The van der Waals surface area contributed by atoms with E-state index in [1.165, 1.54) is 12.1 Å². The van der Waals surface area contributed by atoms with Gasteiger partial charge in [0.15, 0.2) is 0 Å². The molecule has 0 saturated carbocycles. The molecule has 2 aromatic carbocycles. The van der Waals surface area contributed by atoms with Gasteiger partial charge >= 0.3 is 0 Å². The van der Waals surface area contributed by atoms with Crippen LogP contribution in [0.2, 0.25) is 0 Å². The first kappa shape index (κ1) is 15.6. The van der Waals surface area contributed by atoms with Crippen molar-refractivity contribution in [2.24, 2.45) is 0 Å². The van der Waals surface area contributed by atoms with Gasteiger partial charge in [-0.1, -0.05) is 30.3 Å². The molecule has 0 amide bonds. The molecule has 3 aromatic rings. The molecule has 4 nitrogen and oxygen atoms in total. The van der Waals surface area contributed by atoms with Crippen molar-refractivity contribution in [2.45, 2.75) is 32.0 Å². The molecule has 0 spiro atoms. The molecule has 5 heteroatoms. The van der Waals surface area contributed by atoms with Gasteiger partial charge in [-0.25, -0.2) is 4.39 Å². The Bertz CT molecular complexity index is 769. The van der Waals surface area contributed by atoms with E-state index < -0.39 is 6.10 Å². The van der Waals surface area contributed by atoms with Crippen LogP contribution < -0.4 is 5.32 Å². The molecule has 0 bridgehead atoms. The highest BCUT2D eigenvalue weighted by molar-refractivity contribution is 5.81. The SMILES string of the molecule is C[C@@H](C[C@@H](O)c1ccc(F)cc1)NCc1cccc2cn[nH]c12. The van der Waals surface area contributed by atoms with Crippen LogP contribution >= 0.6 is 0 Å². The van der Waals surface area contributed by atoms with Crippen LogP contribution in [0.1, 0.15) is 30.6 Å². The number of benzene rings is 2. The quantitative estimate of drug-likeness (QED) is 0.654. The average molecular weight is 313 g/mol. The number of fused-ring (bicyclic) bond motifs is 1. The highest BCUT2D eigenvalue weighted by atomic mass is 19.1. The molecule has 0 fully saturated rings. The van der Waals surface area contributed by atoms with Crippen molar-refractivity contribution in [3.8, 4) is 0 Å². The van der Waals surface area contributed by atoms with Crippen molar-refractivity contribution in [3.63, 3.8) is 0 Å². The Hall–Kier alpha value is -2.24. The standard InChI is InChI=1S/C18H20FN3O/c1-12(9-17(23)13-5-7-16(19)8-6-13)20-10-14-3-2-4-15-11-21-22-18(14)15/h2-8,11-12,17,20,23H,9-10H2,1H3,(H,21,22)/t12-,17+/m0/s1. The van der Waals surface area contributed by atoms with Crippen molar-refractivity contribution >= 4 is 10.9 Å². The fraction of sp³-hybridized carbons (Fsp3) is 0.278. The Kier molecular flexibility index (Phi) is 4.69. The van der Waals surface area contributed by atoms with Gasteiger partial charge in [0, 0.05) is 18.0 Å². The van der Waals surface area contributed by atoms with E-state index in [9.17, 15) is 9.50 Å². The lowest BCUT2D eigenvalue weighted by molar-refractivity contribution is 0.154. The molecule has 0 aliphatic heterocycles. The van der Waals surface area contributed by atoms with Crippen LogP contribution in [0.4, 0.5) is 4.39 Å². The van der Waals surface area contributed by atoms with E-state index in [1.54, 1.807) is 18.3 Å². The molecule has 2 atom stereocenters. The third kappa shape index (κ3) is 3.75. The number of halogens is 1. The van der Waals surface area contributed by atoms with Crippen LogP contribution in [-0.4, -0.2) is 21.3 Å². The normalized spacial score (nSPS) is 14.0. The first-order chi connectivity index (χ1) is 11.1. The molecule has 3 N–H and O–H groups in total. The summed E-state index contributed by atoms with van der Waals surface area (Å²) in [4.78, 5) is 0. The lowest BCUT2D eigenvalue weighted by Gasteiger charge is -2.18. The van der Waals surface area contributed by atoms with Crippen molar-refractivity contribution in [3.05, 3.63) is 65.6 Å². The summed E-state index contributed by atoms with van der Waals surface area (Å²) in [6, 6.07) is 12.2. The summed E-state index contributed by atoms with van der Waals surface area (Å²) in [6.07, 6.45) is 1.76. The third-order valence-corrected chi connectivity index (χ3v) is 4.04. The number of nitrogens with zero attached hydrogens (tertiary/aromatic N) is 1. The van der Waals surface area contributed by atoms with E-state index in [2.05, 4.69) is 21.6 Å². The number of rotatable bonds is 6. The Morgan fingerprint density at radius 3 is 2.78 bits per heavy atom. The molecule has 0 saturated heterocycles. The third-order valence-electron chi connectivity index (χ3n) is 4.04. The van der Waals surface area contributed by atoms with Gasteiger partial charge in [0.25, 0.3) is 0 Å². The van der Waals surface area contributed by atoms with Gasteiger partial charge in [-0.05, 0) is 36.6 Å². The van der Waals surface area contributed by atoms with Crippen LogP contribution in [0.3, 0.4) is 0 Å². The summed E-state index contributed by atoms with van der Waals surface area (Å²) in [5, 5.41) is 21.8. The minimum atomic E-state index is -0.610. The summed E-state index contributed by atoms with van der Waals surface area (Å²) >= 11 is 0. The predicted octanol–water partition coefficient (Wildman–Crippen LogP) is 3.30. The summed E-state index contributed by atoms with van der Waals surface area (Å²) in [5.41, 5.74) is 2.91. The molecule has 3 rings (SSSR count). The van der Waals surface area contributed by atoms with Crippen molar-refractivity contribution < 1.29 is 9.50 Å². The number of hydrogen-bond acceptors (Lipinski definition) is 3. The van der Waals surface area contributed by atoms with Crippen molar-refractivity contribution in [1.29, 1.82) is 0 Å². The monoisotopic (exact) mass is 313 g/mol. The van der Waals surface area contributed by atoms with E-state index in [0.29, 0.717) is 13.0 Å². The predicted molar refractivity (Wildman–Crippen MR) is 88.4 cm³/mol.